The average Bonchev–Trinajstić information content (AvgIpc) is 3.05. The molecule has 0 heterocycles. The van der Waals surface area contributed by atoms with Gasteiger partial charge in [0.25, 0.3) is 0 Å². The number of hydrogen-bond donors (Lipinski definition) is 3. The first-order chi connectivity index (χ1) is 22.7. The van der Waals surface area contributed by atoms with E-state index in [9.17, 15) is 24.2 Å². The minimum Gasteiger partial charge on any atom is -0.462 e. The summed E-state index contributed by atoms with van der Waals surface area (Å²) in [7, 11) is -4.59. The fourth-order valence-corrected chi connectivity index (χ4v) is 5.78. The van der Waals surface area contributed by atoms with Crippen LogP contribution in [0.1, 0.15) is 168 Å². The van der Waals surface area contributed by atoms with Crippen molar-refractivity contribution in [1.82, 2.24) is 0 Å². The Labute approximate surface area is 286 Å². The Hall–Kier alpha value is -1.29. The van der Waals surface area contributed by atoms with Gasteiger partial charge in [-0.05, 0) is 38.5 Å². The zero-order valence-corrected chi connectivity index (χ0v) is 30.6. The van der Waals surface area contributed by atoms with Gasteiger partial charge in [0.05, 0.1) is 19.8 Å². The van der Waals surface area contributed by atoms with Crippen molar-refractivity contribution in [2.75, 3.05) is 26.4 Å². The van der Waals surface area contributed by atoms with Crippen LogP contribution in [0.5, 0.6) is 0 Å². The van der Waals surface area contributed by atoms with Crippen molar-refractivity contribution < 1.29 is 47.8 Å². The van der Waals surface area contributed by atoms with Gasteiger partial charge in [0.2, 0.25) is 0 Å². The van der Waals surface area contributed by atoms with Crippen molar-refractivity contribution >= 4 is 19.8 Å². The fraction of sp³-hybridized carbons (Fsp3) is 0.889. The lowest BCUT2D eigenvalue weighted by Crippen LogP contribution is -2.29. The summed E-state index contributed by atoms with van der Waals surface area (Å²) in [4.78, 5) is 34.3. The van der Waals surface area contributed by atoms with Gasteiger partial charge in [-0.3, -0.25) is 18.6 Å². The van der Waals surface area contributed by atoms with E-state index < -0.39 is 51.8 Å². The molecular formula is C36H69O10P. The van der Waals surface area contributed by atoms with Crippen molar-refractivity contribution in [3.63, 3.8) is 0 Å². The van der Waals surface area contributed by atoms with E-state index in [1.807, 2.05) is 6.92 Å². The van der Waals surface area contributed by atoms with Gasteiger partial charge in [-0.25, -0.2) is 4.57 Å². The van der Waals surface area contributed by atoms with Crippen LogP contribution in [-0.2, 0) is 32.7 Å². The highest BCUT2D eigenvalue weighted by atomic mass is 31.2. The van der Waals surface area contributed by atoms with E-state index >= 15 is 0 Å². The SMILES string of the molecule is CCCCCCCCCC/C=C\CCCCCCCCCCCC(=O)OC(COC(=O)CCCCC)COP(=O)(O)OCC(O)CO. The highest BCUT2D eigenvalue weighted by molar-refractivity contribution is 7.47. The molecule has 0 amide bonds. The third kappa shape index (κ3) is 33.0. The molecule has 0 aromatic carbocycles. The van der Waals surface area contributed by atoms with E-state index in [4.69, 9.17) is 19.1 Å². The lowest BCUT2D eigenvalue weighted by atomic mass is 10.1. The third-order valence-electron chi connectivity index (χ3n) is 7.92. The molecule has 0 aliphatic rings. The van der Waals surface area contributed by atoms with E-state index in [0.29, 0.717) is 12.8 Å². The van der Waals surface area contributed by atoms with E-state index in [-0.39, 0.29) is 19.4 Å². The second kappa shape index (κ2) is 33.2. The minimum atomic E-state index is -4.59. The highest BCUT2D eigenvalue weighted by Gasteiger charge is 2.27. The molecule has 0 radical (unpaired) electrons. The van der Waals surface area contributed by atoms with Crippen molar-refractivity contribution in [3.05, 3.63) is 12.2 Å². The molecule has 10 nitrogen and oxygen atoms in total. The van der Waals surface area contributed by atoms with Gasteiger partial charge < -0.3 is 24.6 Å². The number of aliphatic hydroxyl groups excluding tert-OH is 2. The average molecular weight is 693 g/mol. The second-order valence-corrected chi connectivity index (χ2v) is 14.1. The molecule has 47 heavy (non-hydrogen) atoms. The lowest BCUT2D eigenvalue weighted by molar-refractivity contribution is -0.161. The normalized spacial score (nSPS) is 14.2. The zero-order valence-electron chi connectivity index (χ0n) is 29.8. The third-order valence-corrected chi connectivity index (χ3v) is 8.87. The number of ether oxygens (including phenoxy) is 2. The summed E-state index contributed by atoms with van der Waals surface area (Å²) in [6.45, 7) is 2.18. The van der Waals surface area contributed by atoms with Crippen LogP contribution in [0.3, 0.4) is 0 Å². The number of phosphoric ester groups is 1. The first-order valence-electron chi connectivity index (χ1n) is 18.6. The lowest BCUT2D eigenvalue weighted by Gasteiger charge is -2.20. The number of carbonyl (C=O) groups is 2. The quantitative estimate of drug-likeness (QED) is 0.0254. The van der Waals surface area contributed by atoms with Gasteiger partial charge in [0.1, 0.15) is 12.7 Å². The molecule has 278 valence electrons. The summed E-state index contributed by atoms with van der Waals surface area (Å²) >= 11 is 0. The van der Waals surface area contributed by atoms with Crippen LogP contribution in [-0.4, -0.2) is 65.7 Å². The van der Waals surface area contributed by atoms with E-state index in [0.717, 1.165) is 32.1 Å². The van der Waals surface area contributed by atoms with Crippen molar-refractivity contribution in [3.8, 4) is 0 Å². The van der Waals surface area contributed by atoms with Gasteiger partial charge >= 0.3 is 19.8 Å². The first-order valence-corrected chi connectivity index (χ1v) is 20.1. The van der Waals surface area contributed by atoms with Crippen LogP contribution in [0.2, 0.25) is 0 Å². The Morgan fingerprint density at radius 2 is 1.04 bits per heavy atom. The first kappa shape index (κ1) is 45.7. The predicted octanol–water partition coefficient (Wildman–Crippen LogP) is 8.89. The van der Waals surface area contributed by atoms with Crippen LogP contribution in [0, 0.1) is 0 Å². The number of rotatable bonds is 35. The summed E-state index contributed by atoms with van der Waals surface area (Å²) in [6.07, 6.45) is 28.6. The largest absolute Gasteiger partial charge is 0.472 e. The molecule has 0 aliphatic heterocycles. The maximum Gasteiger partial charge on any atom is 0.472 e. The van der Waals surface area contributed by atoms with Crippen molar-refractivity contribution in [2.24, 2.45) is 0 Å². The standard InChI is InChI=1S/C36H69O10P/c1-3-5-7-8-9-10-11-12-13-14-15-16-17-18-19-20-21-22-23-24-26-28-36(40)46-34(31-43-35(39)27-25-6-4-2)32-45-47(41,42)44-30-33(38)29-37/h14-15,33-34,37-38H,3-13,16-32H2,1-2H3,(H,41,42)/b15-14-. The molecule has 0 aromatic heterocycles. The number of esters is 2. The highest BCUT2D eigenvalue weighted by Crippen LogP contribution is 2.43. The van der Waals surface area contributed by atoms with Gasteiger partial charge in [0, 0.05) is 12.8 Å². The van der Waals surface area contributed by atoms with Gasteiger partial charge in [-0.15, -0.1) is 0 Å². The zero-order chi connectivity index (χ0) is 34.9. The van der Waals surface area contributed by atoms with Crippen LogP contribution in [0.15, 0.2) is 12.2 Å². The van der Waals surface area contributed by atoms with Crippen molar-refractivity contribution in [1.29, 1.82) is 0 Å². The summed E-state index contributed by atoms with van der Waals surface area (Å²) in [5.74, 6) is -0.952. The monoisotopic (exact) mass is 692 g/mol. The molecule has 3 unspecified atom stereocenters. The van der Waals surface area contributed by atoms with Crippen molar-refractivity contribution in [2.45, 2.75) is 180 Å². The predicted molar refractivity (Wildman–Crippen MR) is 187 cm³/mol. The Morgan fingerprint density at radius 3 is 1.57 bits per heavy atom. The number of aliphatic hydroxyl groups is 2. The molecule has 0 saturated carbocycles. The van der Waals surface area contributed by atoms with Crippen LogP contribution in [0.4, 0.5) is 0 Å². The summed E-state index contributed by atoms with van der Waals surface area (Å²) in [5.41, 5.74) is 0. The summed E-state index contributed by atoms with van der Waals surface area (Å²) < 4.78 is 32.2. The summed E-state index contributed by atoms with van der Waals surface area (Å²) in [5, 5.41) is 18.2. The molecule has 0 aromatic rings. The summed E-state index contributed by atoms with van der Waals surface area (Å²) in [6, 6.07) is 0. The topological polar surface area (TPSA) is 149 Å². The van der Waals surface area contributed by atoms with Crippen LogP contribution >= 0.6 is 7.82 Å². The minimum absolute atomic E-state index is 0.184. The molecule has 0 bridgehead atoms. The van der Waals surface area contributed by atoms with Crippen LogP contribution in [0.25, 0.3) is 0 Å². The molecule has 0 saturated heterocycles. The van der Waals surface area contributed by atoms with Gasteiger partial charge in [-0.1, -0.05) is 129 Å². The fourth-order valence-electron chi connectivity index (χ4n) is 4.99. The maximum absolute atomic E-state index is 12.4. The number of carbonyl (C=O) groups excluding carboxylic acids is 2. The molecule has 0 fully saturated rings. The Balaban J connectivity index is 4.03. The van der Waals surface area contributed by atoms with Crippen LogP contribution < -0.4 is 0 Å². The number of allylic oxidation sites excluding steroid dienone is 2. The van der Waals surface area contributed by atoms with E-state index in [2.05, 4.69) is 23.6 Å². The molecular weight excluding hydrogens is 623 g/mol. The second-order valence-electron chi connectivity index (χ2n) is 12.6. The Bertz CT molecular complexity index is 807. The Morgan fingerprint density at radius 1 is 0.617 bits per heavy atom. The molecule has 3 atom stereocenters. The number of phosphoric acid groups is 1. The molecule has 3 N–H and O–H groups in total. The smallest absolute Gasteiger partial charge is 0.462 e. The van der Waals surface area contributed by atoms with E-state index in [1.165, 1.54) is 96.3 Å². The maximum atomic E-state index is 12.4. The van der Waals surface area contributed by atoms with E-state index in [1.54, 1.807) is 0 Å². The number of hydrogen-bond acceptors (Lipinski definition) is 9. The Kier molecular flexibility index (Phi) is 32.3. The molecule has 0 rings (SSSR count). The molecule has 0 spiro atoms. The molecule has 11 heteroatoms. The van der Waals surface area contributed by atoms with Gasteiger partial charge in [0.15, 0.2) is 6.10 Å². The van der Waals surface area contributed by atoms with Gasteiger partial charge in [-0.2, -0.15) is 0 Å². The molecule has 0 aliphatic carbocycles. The number of unbranched alkanes of at least 4 members (excludes halogenated alkanes) is 19.